The molecule has 0 atom stereocenters. The van der Waals surface area contributed by atoms with Crippen LogP contribution in [-0.2, 0) is 0 Å². The first-order chi connectivity index (χ1) is 13.6. The van der Waals surface area contributed by atoms with Gasteiger partial charge >= 0.3 is 0 Å². The summed E-state index contributed by atoms with van der Waals surface area (Å²) in [6, 6.07) is 21.6. The van der Waals surface area contributed by atoms with Crippen LogP contribution in [0.5, 0.6) is 0 Å². The van der Waals surface area contributed by atoms with Crippen LogP contribution < -0.4 is 10.6 Å². The van der Waals surface area contributed by atoms with Crippen LogP contribution in [0.4, 0.5) is 9.52 Å². The molecule has 0 spiro atoms. The second kappa shape index (κ2) is 7.84. The molecule has 1 heterocycles. The van der Waals surface area contributed by atoms with E-state index in [0.717, 1.165) is 11.1 Å². The van der Waals surface area contributed by atoms with Crippen LogP contribution >= 0.6 is 23.6 Å². The summed E-state index contributed by atoms with van der Waals surface area (Å²) in [6.45, 7) is 0. The highest BCUT2D eigenvalue weighted by molar-refractivity contribution is 7.80. The fourth-order valence-electron chi connectivity index (χ4n) is 2.70. The third kappa shape index (κ3) is 4.05. The molecule has 0 radical (unpaired) electrons. The van der Waals surface area contributed by atoms with Gasteiger partial charge in [-0.05, 0) is 53.7 Å². The summed E-state index contributed by atoms with van der Waals surface area (Å²) in [6.07, 6.45) is 0. The topological polar surface area (TPSA) is 54.0 Å². The van der Waals surface area contributed by atoms with E-state index >= 15 is 0 Å². The SMILES string of the molecule is O=C(NC(=S)Nc1nc2ccc(F)cc2s1)c1ccc(-c2ccccc2)cc1. The number of thiocarbonyl (C=S) groups is 1. The average Bonchev–Trinajstić information content (AvgIpc) is 3.09. The first-order valence-electron chi connectivity index (χ1n) is 8.42. The van der Waals surface area contributed by atoms with Crippen molar-refractivity contribution in [3.05, 3.63) is 84.2 Å². The van der Waals surface area contributed by atoms with Crippen molar-refractivity contribution in [2.75, 3.05) is 5.32 Å². The van der Waals surface area contributed by atoms with Crippen LogP contribution in [-0.4, -0.2) is 16.0 Å². The first kappa shape index (κ1) is 18.2. The Hall–Kier alpha value is -3.16. The summed E-state index contributed by atoms with van der Waals surface area (Å²) in [5.41, 5.74) is 3.27. The third-order valence-electron chi connectivity index (χ3n) is 4.05. The number of nitrogens with one attached hydrogen (secondary N) is 2. The minimum Gasteiger partial charge on any atom is -0.308 e. The molecule has 0 fully saturated rings. The maximum absolute atomic E-state index is 13.3. The Balaban J connectivity index is 1.41. The lowest BCUT2D eigenvalue weighted by Crippen LogP contribution is -2.34. The van der Waals surface area contributed by atoms with Crippen molar-refractivity contribution in [3.8, 4) is 11.1 Å². The number of carbonyl (C=O) groups is 1. The van der Waals surface area contributed by atoms with Crippen molar-refractivity contribution in [1.82, 2.24) is 10.3 Å². The molecule has 0 aliphatic rings. The molecular formula is C21H14FN3OS2. The highest BCUT2D eigenvalue weighted by atomic mass is 32.1. The monoisotopic (exact) mass is 407 g/mol. The molecular weight excluding hydrogens is 393 g/mol. The zero-order chi connectivity index (χ0) is 19.5. The summed E-state index contributed by atoms with van der Waals surface area (Å²) in [4.78, 5) is 16.7. The number of anilines is 1. The van der Waals surface area contributed by atoms with Crippen molar-refractivity contribution in [3.63, 3.8) is 0 Å². The Morgan fingerprint density at radius 1 is 0.964 bits per heavy atom. The molecule has 3 aromatic carbocycles. The maximum atomic E-state index is 13.3. The Bertz CT molecular complexity index is 1160. The van der Waals surface area contributed by atoms with Gasteiger partial charge in [-0.15, -0.1) is 0 Å². The first-order valence-corrected chi connectivity index (χ1v) is 9.65. The molecule has 4 aromatic rings. The van der Waals surface area contributed by atoms with Crippen molar-refractivity contribution < 1.29 is 9.18 Å². The largest absolute Gasteiger partial charge is 0.308 e. The molecule has 4 nitrogen and oxygen atoms in total. The number of carbonyl (C=O) groups excluding carboxylic acids is 1. The molecule has 7 heteroatoms. The minimum absolute atomic E-state index is 0.136. The van der Waals surface area contributed by atoms with Gasteiger partial charge in [-0.1, -0.05) is 53.8 Å². The summed E-state index contributed by atoms with van der Waals surface area (Å²) in [5, 5.41) is 6.13. The number of hydrogen-bond acceptors (Lipinski definition) is 4. The number of fused-ring (bicyclic) bond motifs is 1. The van der Waals surface area contributed by atoms with E-state index in [4.69, 9.17) is 12.2 Å². The van der Waals surface area contributed by atoms with E-state index in [-0.39, 0.29) is 16.8 Å². The number of amides is 1. The van der Waals surface area contributed by atoms with Crippen LogP contribution in [0.1, 0.15) is 10.4 Å². The molecule has 0 saturated heterocycles. The third-order valence-corrected chi connectivity index (χ3v) is 5.19. The van der Waals surface area contributed by atoms with Crippen LogP contribution in [0.25, 0.3) is 21.3 Å². The number of hydrogen-bond donors (Lipinski definition) is 2. The number of aromatic nitrogens is 1. The van der Waals surface area contributed by atoms with E-state index in [0.29, 0.717) is 20.9 Å². The zero-order valence-corrected chi connectivity index (χ0v) is 16.1. The van der Waals surface area contributed by atoms with Crippen LogP contribution in [0.2, 0.25) is 0 Å². The fourth-order valence-corrected chi connectivity index (χ4v) is 3.85. The molecule has 1 amide bonds. The second-order valence-electron chi connectivity index (χ2n) is 5.98. The molecule has 1 aromatic heterocycles. The van der Waals surface area contributed by atoms with Crippen molar-refractivity contribution in [2.24, 2.45) is 0 Å². The number of benzene rings is 3. The molecule has 138 valence electrons. The molecule has 0 bridgehead atoms. The summed E-state index contributed by atoms with van der Waals surface area (Å²) >= 11 is 6.46. The van der Waals surface area contributed by atoms with Gasteiger partial charge in [0.05, 0.1) is 10.2 Å². The van der Waals surface area contributed by atoms with Gasteiger partial charge in [-0.25, -0.2) is 9.37 Å². The van der Waals surface area contributed by atoms with Crippen LogP contribution in [0.3, 0.4) is 0 Å². The predicted octanol–water partition coefficient (Wildman–Crippen LogP) is 5.23. The lowest BCUT2D eigenvalue weighted by atomic mass is 10.0. The average molecular weight is 407 g/mol. The maximum Gasteiger partial charge on any atom is 0.257 e. The molecule has 0 unspecified atom stereocenters. The van der Waals surface area contributed by atoms with Gasteiger partial charge in [0.25, 0.3) is 5.91 Å². The van der Waals surface area contributed by atoms with Gasteiger partial charge in [0.15, 0.2) is 10.2 Å². The Morgan fingerprint density at radius 2 is 1.68 bits per heavy atom. The van der Waals surface area contributed by atoms with E-state index in [1.807, 2.05) is 42.5 Å². The van der Waals surface area contributed by atoms with Gasteiger partial charge in [0.1, 0.15) is 5.82 Å². The molecule has 28 heavy (non-hydrogen) atoms. The predicted molar refractivity (Wildman–Crippen MR) is 115 cm³/mol. The lowest BCUT2D eigenvalue weighted by Gasteiger charge is -2.08. The van der Waals surface area contributed by atoms with Crippen LogP contribution in [0.15, 0.2) is 72.8 Å². The smallest absolute Gasteiger partial charge is 0.257 e. The number of rotatable bonds is 3. The molecule has 2 N–H and O–H groups in total. The summed E-state index contributed by atoms with van der Waals surface area (Å²) in [7, 11) is 0. The van der Waals surface area contributed by atoms with E-state index in [9.17, 15) is 9.18 Å². The van der Waals surface area contributed by atoms with Crippen molar-refractivity contribution in [1.29, 1.82) is 0 Å². The Kier molecular flexibility index (Phi) is 5.10. The molecule has 4 rings (SSSR count). The van der Waals surface area contributed by atoms with E-state index in [1.54, 1.807) is 18.2 Å². The molecule has 0 aliphatic carbocycles. The normalized spacial score (nSPS) is 10.6. The van der Waals surface area contributed by atoms with Crippen LogP contribution in [0, 0.1) is 5.82 Å². The van der Waals surface area contributed by atoms with Gasteiger partial charge in [-0.3, -0.25) is 10.1 Å². The summed E-state index contributed by atoms with van der Waals surface area (Å²) < 4.78 is 14.0. The van der Waals surface area contributed by atoms with Gasteiger partial charge < -0.3 is 5.32 Å². The van der Waals surface area contributed by atoms with Crippen molar-refractivity contribution in [2.45, 2.75) is 0 Å². The molecule has 0 aliphatic heterocycles. The highest BCUT2D eigenvalue weighted by Gasteiger charge is 2.11. The fraction of sp³-hybridized carbons (Fsp3) is 0. The number of thiazole rings is 1. The zero-order valence-electron chi connectivity index (χ0n) is 14.5. The van der Waals surface area contributed by atoms with Crippen molar-refractivity contribution >= 4 is 49.9 Å². The van der Waals surface area contributed by atoms with E-state index in [1.165, 1.54) is 23.5 Å². The number of nitrogens with zero attached hydrogens (tertiary/aromatic N) is 1. The summed E-state index contributed by atoms with van der Waals surface area (Å²) in [5.74, 6) is -0.637. The van der Waals surface area contributed by atoms with E-state index in [2.05, 4.69) is 15.6 Å². The van der Waals surface area contributed by atoms with Gasteiger partial charge in [-0.2, -0.15) is 0 Å². The number of halogens is 1. The van der Waals surface area contributed by atoms with Gasteiger partial charge in [0, 0.05) is 5.56 Å². The lowest BCUT2D eigenvalue weighted by molar-refractivity contribution is 0.0978. The van der Waals surface area contributed by atoms with E-state index < -0.39 is 0 Å². The standard InChI is InChI=1S/C21H14FN3OS2/c22-16-10-11-17-18(12-16)28-21(23-17)25-20(27)24-19(26)15-8-6-14(7-9-15)13-4-2-1-3-5-13/h1-12H,(H2,23,24,25,26,27). The Morgan fingerprint density at radius 3 is 2.43 bits per heavy atom. The highest BCUT2D eigenvalue weighted by Crippen LogP contribution is 2.26. The minimum atomic E-state index is -0.322. The second-order valence-corrected chi connectivity index (χ2v) is 7.42. The molecule has 0 saturated carbocycles. The van der Waals surface area contributed by atoms with Gasteiger partial charge in [0.2, 0.25) is 0 Å². The Labute approximate surface area is 170 Å². The quantitative estimate of drug-likeness (QED) is 0.457.